The maximum absolute atomic E-state index is 11.8. The number of carbonyl (C=O) groups excluding carboxylic acids is 1. The van der Waals surface area contributed by atoms with Gasteiger partial charge in [0.15, 0.2) is 5.78 Å². The fraction of sp³-hybridized carbons (Fsp3) is 0.417. The largest absolute Gasteiger partial charge is 0.384 e. The molecule has 0 aromatic heterocycles. The van der Waals surface area contributed by atoms with Gasteiger partial charge < -0.3 is 4.74 Å². The molecule has 0 unspecified atom stereocenters. The summed E-state index contributed by atoms with van der Waals surface area (Å²) in [7, 11) is 1.67. The third-order valence-corrected chi connectivity index (χ3v) is 3.03. The van der Waals surface area contributed by atoms with Crippen LogP contribution in [-0.2, 0) is 4.74 Å². The summed E-state index contributed by atoms with van der Waals surface area (Å²) in [4.78, 5) is 11.8. The van der Waals surface area contributed by atoms with Gasteiger partial charge in [0.2, 0.25) is 0 Å². The van der Waals surface area contributed by atoms with Crippen LogP contribution in [0.1, 0.15) is 15.9 Å². The Bertz CT molecular complexity index is 323. The number of Topliss-reactive ketones (excluding diaryl/α,β-unsaturated/α-hetero) is 1. The second kappa shape index (κ2) is 6.64. The molecule has 0 heterocycles. The molecule has 1 aromatic carbocycles. The highest BCUT2D eigenvalue weighted by atomic mass is 32.2. The summed E-state index contributed by atoms with van der Waals surface area (Å²) < 4.78 is 4.92. The molecule has 0 amide bonds. The Morgan fingerprint density at radius 1 is 1.40 bits per heavy atom. The lowest BCUT2D eigenvalue weighted by Gasteiger charge is -2.04. The highest BCUT2D eigenvalue weighted by molar-refractivity contribution is 8.00. The zero-order chi connectivity index (χ0) is 11.1. The lowest BCUT2D eigenvalue weighted by atomic mass is 10.1. The minimum atomic E-state index is 0.203. The molecule has 15 heavy (non-hydrogen) atoms. The molecule has 0 spiro atoms. The van der Waals surface area contributed by atoms with E-state index in [-0.39, 0.29) is 5.78 Å². The van der Waals surface area contributed by atoms with E-state index in [1.165, 1.54) is 0 Å². The summed E-state index contributed by atoms with van der Waals surface area (Å²) in [5, 5.41) is 0. The third-order valence-electron chi connectivity index (χ3n) is 2.11. The number of benzene rings is 1. The summed E-state index contributed by atoms with van der Waals surface area (Å²) in [6.45, 7) is 2.67. The highest BCUT2D eigenvalue weighted by Gasteiger charge is 2.07. The second-order valence-electron chi connectivity index (χ2n) is 3.28. The molecule has 82 valence electrons. The summed E-state index contributed by atoms with van der Waals surface area (Å²) in [5.74, 6) is 1.61. The van der Waals surface area contributed by atoms with E-state index in [0.717, 1.165) is 16.9 Å². The number of ketones is 1. The summed E-state index contributed by atoms with van der Waals surface area (Å²) in [6, 6.07) is 7.70. The highest BCUT2D eigenvalue weighted by Crippen LogP contribution is 2.11. The zero-order valence-corrected chi connectivity index (χ0v) is 9.97. The molecule has 3 heteroatoms. The number of hydrogen-bond acceptors (Lipinski definition) is 3. The van der Waals surface area contributed by atoms with E-state index in [2.05, 4.69) is 0 Å². The van der Waals surface area contributed by atoms with Gasteiger partial charge in [-0.15, -0.1) is 0 Å². The Balaban J connectivity index is 2.44. The van der Waals surface area contributed by atoms with Crippen LogP contribution < -0.4 is 0 Å². The van der Waals surface area contributed by atoms with Gasteiger partial charge in [0.25, 0.3) is 0 Å². The van der Waals surface area contributed by atoms with Crippen LogP contribution in [0.3, 0.4) is 0 Å². The van der Waals surface area contributed by atoms with E-state index < -0.39 is 0 Å². The molecule has 0 atom stereocenters. The quantitative estimate of drug-likeness (QED) is 0.548. The van der Waals surface area contributed by atoms with Crippen LogP contribution in [-0.4, -0.2) is 31.0 Å². The van der Waals surface area contributed by atoms with Gasteiger partial charge in [-0.25, -0.2) is 0 Å². The van der Waals surface area contributed by atoms with Crippen molar-refractivity contribution in [1.29, 1.82) is 0 Å². The first-order chi connectivity index (χ1) is 7.25. The van der Waals surface area contributed by atoms with Crippen LogP contribution in [0.5, 0.6) is 0 Å². The summed E-state index contributed by atoms with van der Waals surface area (Å²) >= 11 is 1.61. The van der Waals surface area contributed by atoms with Crippen LogP contribution in [0.2, 0.25) is 0 Å². The van der Waals surface area contributed by atoms with Crippen molar-refractivity contribution in [1.82, 2.24) is 0 Å². The predicted octanol–water partition coefficient (Wildman–Crippen LogP) is 2.56. The number of carbonyl (C=O) groups is 1. The van der Waals surface area contributed by atoms with Gasteiger partial charge in [0, 0.05) is 18.4 Å². The van der Waals surface area contributed by atoms with Gasteiger partial charge >= 0.3 is 0 Å². The fourth-order valence-corrected chi connectivity index (χ4v) is 2.04. The molecule has 0 N–H and O–H groups in total. The minimum Gasteiger partial charge on any atom is -0.384 e. The SMILES string of the molecule is COCCSCC(=O)c1ccccc1C. The number of thioether (sulfide) groups is 1. The van der Waals surface area contributed by atoms with Crippen molar-refractivity contribution >= 4 is 17.5 Å². The second-order valence-corrected chi connectivity index (χ2v) is 4.39. The van der Waals surface area contributed by atoms with Crippen LogP contribution in [0.25, 0.3) is 0 Å². The molecular formula is C12H16O2S. The number of aryl methyl sites for hydroxylation is 1. The summed E-state index contributed by atoms with van der Waals surface area (Å²) in [5.41, 5.74) is 1.89. The molecule has 0 saturated heterocycles. The van der Waals surface area contributed by atoms with Crippen LogP contribution in [0.4, 0.5) is 0 Å². The van der Waals surface area contributed by atoms with E-state index in [0.29, 0.717) is 12.4 Å². The molecule has 0 bridgehead atoms. The number of hydrogen-bond donors (Lipinski definition) is 0. The molecule has 1 rings (SSSR count). The Morgan fingerprint density at radius 2 is 2.13 bits per heavy atom. The molecular weight excluding hydrogens is 208 g/mol. The van der Waals surface area contributed by atoms with Gasteiger partial charge in [-0.3, -0.25) is 4.79 Å². The van der Waals surface area contributed by atoms with E-state index >= 15 is 0 Å². The average Bonchev–Trinajstić information content (AvgIpc) is 2.25. The molecule has 0 aliphatic rings. The van der Waals surface area contributed by atoms with Crippen molar-refractivity contribution in [3.8, 4) is 0 Å². The lowest BCUT2D eigenvalue weighted by molar-refractivity contribution is 0.102. The lowest BCUT2D eigenvalue weighted by Crippen LogP contribution is -2.06. The van der Waals surface area contributed by atoms with Gasteiger partial charge in [-0.1, -0.05) is 24.3 Å². The van der Waals surface area contributed by atoms with Crippen molar-refractivity contribution in [3.63, 3.8) is 0 Å². The Morgan fingerprint density at radius 3 is 2.80 bits per heavy atom. The van der Waals surface area contributed by atoms with E-state index in [1.54, 1.807) is 18.9 Å². The Hall–Kier alpha value is -0.800. The fourth-order valence-electron chi connectivity index (χ4n) is 1.27. The van der Waals surface area contributed by atoms with Crippen molar-refractivity contribution in [2.24, 2.45) is 0 Å². The molecule has 2 nitrogen and oxygen atoms in total. The molecule has 0 aliphatic heterocycles. The van der Waals surface area contributed by atoms with Gasteiger partial charge in [-0.2, -0.15) is 11.8 Å². The van der Waals surface area contributed by atoms with Gasteiger partial charge in [-0.05, 0) is 12.5 Å². The normalized spacial score (nSPS) is 10.3. The van der Waals surface area contributed by atoms with Crippen LogP contribution >= 0.6 is 11.8 Å². The van der Waals surface area contributed by atoms with Gasteiger partial charge in [0.1, 0.15) is 0 Å². The Kier molecular flexibility index (Phi) is 5.43. The van der Waals surface area contributed by atoms with E-state index in [9.17, 15) is 4.79 Å². The predicted molar refractivity (Wildman–Crippen MR) is 64.7 cm³/mol. The van der Waals surface area contributed by atoms with Gasteiger partial charge in [0.05, 0.1) is 12.4 Å². The smallest absolute Gasteiger partial charge is 0.172 e. The van der Waals surface area contributed by atoms with Crippen molar-refractivity contribution in [2.75, 3.05) is 25.2 Å². The number of rotatable bonds is 6. The topological polar surface area (TPSA) is 26.3 Å². The zero-order valence-electron chi connectivity index (χ0n) is 9.16. The maximum atomic E-state index is 11.8. The molecule has 0 radical (unpaired) electrons. The van der Waals surface area contributed by atoms with Crippen molar-refractivity contribution in [3.05, 3.63) is 35.4 Å². The summed E-state index contributed by atoms with van der Waals surface area (Å²) in [6.07, 6.45) is 0. The monoisotopic (exact) mass is 224 g/mol. The van der Waals surface area contributed by atoms with Crippen molar-refractivity contribution in [2.45, 2.75) is 6.92 Å². The molecule has 0 saturated carbocycles. The van der Waals surface area contributed by atoms with E-state index in [4.69, 9.17) is 4.74 Å². The van der Waals surface area contributed by atoms with Crippen molar-refractivity contribution < 1.29 is 9.53 Å². The minimum absolute atomic E-state index is 0.203. The molecule has 0 fully saturated rings. The number of ether oxygens (including phenoxy) is 1. The molecule has 0 aliphatic carbocycles. The Labute approximate surface area is 95.0 Å². The maximum Gasteiger partial charge on any atom is 0.172 e. The first-order valence-corrected chi connectivity index (χ1v) is 6.06. The molecule has 1 aromatic rings. The average molecular weight is 224 g/mol. The third kappa shape index (κ3) is 4.06. The first kappa shape index (κ1) is 12.3. The van der Waals surface area contributed by atoms with E-state index in [1.807, 2.05) is 31.2 Å². The number of methoxy groups -OCH3 is 1. The van der Waals surface area contributed by atoms with Crippen LogP contribution in [0.15, 0.2) is 24.3 Å². The van der Waals surface area contributed by atoms with Crippen LogP contribution in [0, 0.1) is 6.92 Å². The first-order valence-electron chi connectivity index (χ1n) is 4.91. The standard InChI is InChI=1S/C12H16O2S/c1-10-5-3-4-6-11(10)12(13)9-15-8-7-14-2/h3-6H,7-9H2,1-2H3.